The Balaban J connectivity index is 1.98. The molecule has 19 heavy (non-hydrogen) atoms. The Hall–Kier alpha value is -1.36. The van der Waals surface area contributed by atoms with Crippen LogP contribution in [0.1, 0.15) is 13.8 Å². The second-order valence-corrected chi connectivity index (χ2v) is 5.84. The molecule has 5 heteroatoms. The summed E-state index contributed by atoms with van der Waals surface area (Å²) in [7, 11) is 0. The fourth-order valence-electron chi connectivity index (χ4n) is 2.19. The van der Waals surface area contributed by atoms with Crippen molar-refractivity contribution in [3.8, 4) is 0 Å². The molecular weight excluding hydrogens is 265 g/mol. The molecule has 0 aromatic heterocycles. The van der Waals surface area contributed by atoms with Crippen molar-refractivity contribution < 1.29 is 14.0 Å². The van der Waals surface area contributed by atoms with Crippen LogP contribution in [-0.4, -0.2) is 23.2 Å². The highest BCUT2D eigenvalue weighted by atomic mass is 32.2. The number of carbonyl (C=O) groups is 2. The van der Waals surface area contributed by atoms with E-state index in [9.17, 15) is 14.0 Å². The Morgan fingerprint density at radius 1 is 1.32 bits per heavy atom. The first-order chi connectivity index (χ1) is 9.00. The Bertz CT molecular complexity index is 478. The number of alkyl halides is 1. The highest BCUT2D eigenvalue weighted by Crippen LogP contribution is 2.31. The van der Waals surface area contributed by atoms with Crippen molar-refractivity contribution in [2.45, 2.75) is 31.0 Å². The van der Waals surface area contributed by atoms with Gasteiger partial charge in [-0.2, -0.15) is 0 Å². The van der Waals surface area contributed by atoms with E-state index in [0.717, 1.165) is 16.7 Å². The molecule has 2 rings (SSSR count). The van der Waals surface area contributed by atoms with Crippen LogP contribution in [-0.2, 0) is 9.59 Å². The molecule has 0 unspecified atom stereocenters. The number of nitrogens with one attached hydrogen (secondary N) is 1. The molecule has 3 nitrogen and oxygen atoms in total. The third kappa shape index (κ3) is 2.97. The molecule has 0 radical (unpaired) electrons. The van der Waals surface area contributed by atoms with Crippen LogP contribution in [0.4, 0.5) is 4.39 Å². The van der Waals surface area contributed by atoms with Gasteiger partial charge in [0.05, 0.1) is 12.0 Å². The average Bonchev–Trinajstić information content (AvgIpc) is 2.35. The van der Waals surface area contributed by atoms with Gasteiger partial charge < -0.3 is 5.32 Å². The van der Waals surface area contributed by atoms with Gasteiger partial charge in [0.1, 0.15) is 6.17 Å². The van der Waals surface area contributed by atoms with Crippen LogP contribution in [0.3, 0.4) is 0 Å². The molecule has 1 aromatic carbocycles. The van der Waals surface area contributed by atoms with Crippen molar-refractivity contribution in [1.29, 1.82) is 0 Å². The van der Waals surface area contributed by atoms with Crippen molar-refractivity contribution in [3.05, 3.63) is 30.3 Å². The van der Waals surface area contributed by atoms with E-state index in [2.05, 4.69) is 5.32 Å². The minimum atomic E-state index is -1.23. The lowest BCUT2D eigenvalue weighted by atomic mass is 9.80. The minimum absolute atomic E-state index is 0.0538. The molecule has 0 aliphatic carbocycles. The maximum atomic E-state index is 13.3. The topological polar surface area (TPSA) is 46.2 Å². The van der Waals surface area contributed by atoms with Gasteiger partial charge in [-0.15, -0.1) is 0 Å². The molecule has 1 fully saturated rings. The summed E-state index contributed by atoms with van der Waals surface area (Å²) in [6.45, 7) is 3.09. The van der Waals surface area contributed by atoms with Gasteiger partial charge in [-0.1, -0.05) is 36.9 Å². The molecule has 4 atom stereocenters. The first kappa shape index (κ1) is 14.1. The van der Waals surface area contributed by atoms with Gasteiger partial charge in [0, 0.05) is 10.8 Å². The highest BCUT2D eigenvalue weighted by molar-refractivity contribution is 8.13. The first-order valence-corrected chi connectivity index (χ1v) is 7.03. The van der Waals surface area contributed by atoms with E-state index in [1.54, 1.807) is 6.92 Å². The van der Waals surface area contributed by atoms with Crippen LogP contribution in [0.15, 0.2) is 35.2 Å². The van der Waals surface area contributed by atoms with E-state index < -0.39 is 24.0 Å². The second-order valence-electron chi connectivity index (χ2n) is 4.76. The maximum absolute atomic E-state index is 13.3. The number of carbonyl (C=O) groups excluding carboxylic acids is 2. The number of β-lactam (4-membered cyclic amide) rings is 1. The van der Waals surface area contributed by atoms with Gasteiger partial charge in [-0.3, -0.25) is 9.59 Å². The Morgan fingerprint density at radius 2 is 1.95 bits per heavy atom. The third-order valence-corrected chi connectivity index (χ3v) is 4.45. The second kappa shape index (κ2) is 5.74. The summed E-state index contributed by atoms with van der Waals surface area (Å²) in [4.78, 5) is 24.3. The van der Waals surface area contributed by atoms with Crippen LogP contribution < -0.4 is 5.32 Å². The van der Waals surface area contributed by atoms with Gasteiger partial charge in [0.15, 0.2) is 5.12 Å². The third-order valence-electron chi connectivity index (χ3n) is 3.37. The van der Waals surface area contributed by atoms with E-state index in [0.29, 0.717) is 0 Å². The van der Waals surface area contributed by atoms with Gasteiger partial charge in [0.25, 0.3) is 0 Å². The van der Waals surface area contributed by atoms with Crippen molar-refractivity contribution in [2.75, 3.05) is 0 Å². The molecule has 0 spiro atoms. The number of halogens is 1. The number of benzene rings is 1. The molecule has 102 valence electrons. The molecule has 1 heterocycles. The monoisotopic (exact) mass is 281 g/mol. The van der Waals surface area contributed by atoms with Crippen molar-refractivity contribution in [2.24, 2.45) is 11.8 Å². The predicted molar refractivity (Wildman–Crippen MR) is 72.5 cm³/mol. The summed E-state index contributed by atoms with van der Waals surface area (Å²) in [6, 6.07) is 8.91. The Kier molecular flexibility index (Phi) is 4.24. The first-order valence-electron chi connectivity index (χ1n) is 6.22. The summed E-state index contributed by atoms with van der Waals surface area (Å²) in [5.74, 6) is -1.40. The number of hydrogen-bond donors (Lipinski definition) is 1. The summed E-state index contributed by atoms with van der Waals surface area (Å²) >= 11 is 1.13. The molecule has 1 amide bonds. The molecular formula is C14H16FNO2S. The molecule has 1 saturated heterocycles. The lowest BCUT2D eigenvalue weighted by Crippen LogP contribution is -2.64. The van der Waals surface area contributed by atoms with Gasteiger partial charge in [-0.25, -0.2) is 4.39 Å². The van der Waals surface area contributed by atoms with E-state index in [-0.39, 0.29) is 11.0 Å². The van der Waals surface area contributed by atoms with Crippen molar-refractivity contribution in [3.63, 3.8) is 0 Å². The maximum Gasteiger partial charge on any atom is 0.228 e. The predicted octanol–water partition coefficient (Wildman–Crippen LogP) is 2.41. The van der Waals surface area contributed by atoms with Gasteiger partial charge >= 0.3 is 0 Å². The van der Waals surface area contributed by atoms with Gasteiger partial charge in [-0.05, 0) is 19.1 Å². The smallest absolute Gasteiger partial charge is 0.228 e. The number of rotatable bonds is 4. The largest absolute Gasteiger partial charge is 0.351 e. The zero-order valence-corrected chi connectivity index (χ0v) is 11.6. The average molecular weight is 281 g/mol. The van der Waals surface area contributed by atoms with E-state index in [4.69, 9.17) is 0 Å². The summed E-state index contributed by atoms with van der Waals surface area (Å²) in [6.07, 6.45) is -1.23. The van der Waals surface area contributed by atoms with Crippen LogP contribution >= 0.6 is 11.8 Å². The Labute approximate surface area is 116 Å². The van der Waals surface area contributed by atoms with E-state index in [1.807, 2.05) is 30.3 Å². The highest BCUT2D eigenvalue weighted by Gasteiger charge is 2.47. The van der Waals surface area contributed by atoms with Crippen LogP contribution in [0, 0.1) is 11.8 Å². The zero-order chi connectivity index (χ0) is 14.0. The van der Waals surface area contributed by atoms with Crippen molar-refractivity contribution >= 4 is 22.8 Å². The molecule has 1 aromatic rings. The standard InChI is InChI=1S/C14H16FNO2S/c1-8(12-11(9(2)15)13(17)16-12)14(18)19-10-6-4-3-5-7-10/h3-9,11-12H,1-2H3,(H,16,17)/t8-,9-,11-,12+/m1/s1. The number of thioether (sulfide) groups is 1. The fourth-order valence-corrected chi connectivity index (χ4v) is 3.05. The normalized spacial score (nSPS) is 25.1. The van der Waals surface area contributed by atoms with Crippen LogP contribution in [0.25, 0.3) is 0 Å². The van der Waals surface area contributed by atoms with E-state index >= 15 is 0 Å². The lowest BCUT2D eigenvalue weighted by Gasteiger charge is -2.40. The molecule has 1 N–H and O–H groups in total. The number of amides is 1. The molecule has 1 aliphatic heterocycles. The minimum Gasteiger partial charge on any atom is -0.351 e. The summed E-state index contributed by atoms with van der Waals surface area (Å²) < 4.78 is 13.3. The zero-order valence-electron chi connectivity index (χ0n) is 10.8. The lowest BCUT2D eigenvalue weighted by molar-refractivity contribution is -0.141. The summed E-state index contributed by atoms with van der Waals surface area (Å²) in [5, 5.41) is 2.57. The Morgan fingerprint density at radius 3 is 2.47 bits per heavy atom. The molecule has 0 bridgehead atoms. The van der Waals surface area contributed by atoms with Crippen LogP contribution in [0.5, 0.6) is 0 Å². The number of hydrogen-bond acceptors (Lipinski definition) is 3. The van der Waals surface area contributed by atoms with E-state index in [1.165, 1.54) is 6.92 Å². The van der Waals surface area contributed by atoms with Crippen molar-refractivity contribution in [1.82, 2.24) is 5.32 Å². The van der Waals surface area contributed by atoms with Gasteiger partial charge in [0.2, 0.25) is 5.91 Å². The summed E-state index contributed by atoms with van der Waals surface area (Å²) in [5.41, 5.74) is 0. The van der Waals surface area contributed by atoms with Crippen LogP contribution in [0.2, 0.25) is 0 Å². The fraction of sp³-hybridized carbons (Fsp3) is 0.429. The SMILES string of the molecule is C[C@@H](F)[C@H]1C(=O)N[C@H]1[C@@H](C)C(=O)Sc1ccccc1. The molecule has 1 aliphatic rings. The molecule has 0 saturated carbocycles. The quantitative estimate of drug-likeness (QED) is 0.681.